The average Bonchev–Trinajstić information content (AvgIpc) is 2.45. The predicted octanol–water partition coefficient (Wildman–Crippen LogP) is 1.50. The summed E-state index contributed by atoms with van der Waals surface area (Å²) in [5.74, 6) is 2.88. The van der Waals surface area contributed by atoms with E-state index < -0.39 is 0 Å². The highest BCUT2D eigenvalue weighted by Gasteiger charge is 2.55. The largest absolute Gasteiger partial charge is 0.342 e. The van der Waals surface area contributed by atoms with Gasteiger partial charge in [-0.05, 0) is 56.3 Å². The predicted molar refractivity (Wildman–Crippen MR) is 74.8 cm³/mol. The zero-order chi connectivity index (χ0) is 13.7. The minimum absolute atomic E-state index is 0.0158. The van der Waals surface area contributed by atoms with Crippen LogP contribution in [0.3, 0.4) is 0 Å². The molecule has 5 aliphatic rings. The molecule has 0 spiro atoms. The van der Waals surface area contributed by atoms with Gasteiger partial charge in [-0.15, -0.1) is 0 Å². The van der Waals surface area contributed by atoms with Gasteiger partial charge in [0.15, 0.2) is 0 Å². The van der Waals surface area contributed by atoms with Crippen LogP contribution in [0.5, 0.6) is 0 Å². The Morgan fingerprint density at radius 1 is 0.900 bits per heavy atom. The van der Waals surface area contributed by atoms with E-state index in [0.29, 0.717) is 19.0 Å². The van der Waals surface area contributed by atoms with Crippen molar-refractivity contribution in [3.63, 3.8) is 0 Å². The molecule has 1 saturated heterocycles. The summed E-state index contributed by atoms with van der Waals surface area (Å²) in [7, 11) is 0. The molecular formula is C16H24N2O2. The first kappa shape index (κ1) is 12.7. The number of amides is 2. The van der Waals surface area contributed by atoms with E-state index in [-0.39, 0.29) is 5.41 Å². The number of hydrogen-bond acceptors (Lipinski definition) is 2. The van der Waals surface area contributed by atoms with Crippen molar-refractivity contribution in [3.05, 3.63) is 0 Å². The average molecular weight is 276 g/mol. The highest BCUT2D eigenvalue weighted by atomic mass is 16.2. The summed E-state index contributed by atoms with van der Waals surface area (Å²) in [4.78, 5) is 27.7. The molecule has 0 N–H and O–H groups in total. The standard InChI is InChI=1S/C16H24N2O2/c19-11-17-1-3-18(4-2-17)15(20)16-8-12-5-13(9-16)7-14(6-12)10-16/h11-14H,1-10H2. The van der Waals surface area contributed by atoms with Gasteiger partial charge in [-0.3, -0.25) is 9.59 Å². The van der Waals surface area contributed by atoms with E-state index in [2.05, 4.69) is 0 Å². The van der Waals surface area contributed by atoms with E-state index in [1.165, 1.54) is 19.3 Å². The Morgan fingerprint density at radius 2 is 1.40 bits per heavy atom. The summed E-state index contributed by atoms with van der Waals surface area (Å²) in [6, 6.07) is 0. The number of nitrogens with zero attached hydrogens (tertiary/aromatic N) is 2. The molecule has 4 nitrogen and oxygen atoms in total. The molecule has 0 aromatic heterocycles. The first-order valence-electron chi connectivity index (χ1n) is 8.17. The molecule has 0 radical (unpaired) electrons. The fraction of sp³-hybridized carbons (Fsp3) is 0.875. The molecule has 4 aliphatic carbocycles. The fourth-order valence-electron chi connectivity index (χ4n) is 5.74. The van der Waals surface area contributed by atoms with Crippen LogP contribution in [0.15, 0.2) is 0 Å². The Hall–Kier alpha value is -1.06. The second-order valence-corrected chi connectivity index (χ2v) is 7.63. The van der Waals surface area contributed by atoms with Crippen LogP contribution in [0, 0.1) is 23.2 Å². The first-order chi connectivity index (χ1) is 9.68. The van der Waals surface area contributed by atoms with E-state index in [4.69, 9.17) is 0 Å². The lowest BCUT2D eigenvalue weighted by Gasteiger charge is -2.57. The van der Waals surface area contributed by atoms with Gasteiger partial charge in [-0.25, -0.2) is 0 Å². The van der Waals surface area contributed by atoms with Crippen molar-refractivity contribution >= 4 is 12.3 Å². The topological polar surface area (TPSA) is 40.6 Å². The van der Waals surface area contributed by atoms with E-state index in [9.17, 15) is 9.59 Å². The van der Waals surface area contributed by atoms with E-state index in [1.807, 2.05) is 4.90 Å². The maximum absolute atomic E-state index is 13.1. The molecule has 5 rings (SSSR count). The molecule has 4 bridgehead atoms. The maximum atomic E-state index is 13.1. The number of carbonyl (C=O) groups excluding carboxylic acids is 2. The van der Waals surface area contributed by atoms with Gasteiger partial charge in [-0.2, -0.15) is 0 Å². The number of rotatable bonds is 2. The second kappa shape index (κ2) is 4.47. The van der Waals surface area contributed by atoms with Crippen molar-refractivity contribution in [1.29, 1.82) is 0 Å². The highest BCUT2D eigenvalue weighted by molar-refractivity contribution is 5.83. The Balaban J connectivity index is 1.50. The van der Waals surface area contributed by atoms with Crippen LogP contribution in [0.25, 0.3) is 0 Å². The second-order valence-electron chi connectivity index (χ2n) is 7.63. The van der Waals surface area contributed by atoms with Crippen molar-refractivity contribution in [3.8, 4) is 0 Å². The molecule has 4 saturated carbocycles. The van der Waals surface area contributed by atoms with Crippen LogP contribution < -0.4 is 0 Å². The van der Waals surface area contributed by atoms with Gasteiger partial charge in [0.25, 0.3) is 0 Å². The molecule has 4 heteroatoms. The van der Waals surface area contributed by atoms with Gasteiger partial charge in [0.1, 0.15) is 0 Å². The number of carbonyl (C=O) groups is 2. The third kappa shape index (κ3) is 1.87. The lowest BCUT2D eigenvalue weighted by atomic mass is 9.49. The van der Waals surface area contributed by atoms with Crippen LogP contribution in [-0.2, 0) is 9.59 Å². The van der Waals surface area contributed by atoms with Gasteiger partial charge >= 0.3 is 0 Å². The van der Waals surface area contributed by atoms with Gasteiger partial charge in [0.2, 0.25) is 12.3 Å². The van der Waals surface area contributed by atoms with Gasteiger partial charge in [0, 0.05) is 26.2 Å². The van der Waals surface area contributed by atoms with Crippen LogP contribution in [0.2, 0.25) is 0 Å². The van der Waals surface area contributed by atoms with Gasteiger partial charge in [-0.1, -0.05) is 0 Å². The summed E-state index contributed by atoms with van der Waals surface area (Å²) < 4.78 is 0. The van der Waals surface area contributed by atoms with E-state index in [1.54, 1.807) is 4.90 Å². The van der Waals surface area contributed by atoms with Crippen LogP contribution >= 0.6 is 0 Å². The van der Waals surface area contributed by atoms with Gasteiger partial charge < -0.3 is 9.80 Å². The van der Waals surface area contributed by atoms with Crippen molar-refractivity contribution in [2.45, 2.75) is 38.5 Å². The summed E-state index contributed by atoms with van der Waals surface area (Å²) in [6.07, 6.45) is 8.48. The molecule has 0 aromatic carbocycles. The quantitative estimate of drug-likeness (QED) is 0.717. The SMILES string of the molecule is O=CN1CCN(C(=O)C23CC4CC(CC(C4)C2)C3)CC1. The smallest absolute Gasteiger partial charge is 0.228 e. The lowest BCUT2D eigenvalue weighted by Crippen LogP contribution is -2.58. The summed E-state index contributed by atoms with van der Waals surface area (Å²) in [5.41, 5.74) is -0.0158. The third-order valence-corrected chi connectivity index (χ3v) is 6.24. The van der Waals surface area contributed by atoms with Crippen LogP contribution in [0.1, 0.15) is 38.5 Å². The fourth-order valence-corrected chi connectivity index (χ4v) is 5.74. The molecule has 20 heavy (non-hydrogen) atoms. The molecule has 5 fully saturated rings. The summed E-state index contributed by atoms with van der Waals surface area (Å²) in [5, 5.41) is 0. The third-order valence-electron chi connectivity index (χ3n) is 6.24. The minimum atomic E-state index is -0.0158. The lowest BCUT2D eigenvalue weighted by molar-refractivity contribution is -0.159. The van der Waals surface area contributed by atoms with Gasteiger partial charge in [0.05, 0.1) is 5.41 Å². The minimum Gasteiger partial charge on any atom is -0.342 e. The molecule has 0 unspecified atom stereocenters. The normalized spacial score (nSPS) is 42.9. The summed E-state index contributed by atoms with van der Waals surface area (Å²) in [6.45, 7) is 2.89. The van der Waals surface area contributed by atoms with Crippen LogP contribution in [0.4, 0.5) is 0 Å². The zero-order valence-corrected chi connectivity index (χ0v) is 12.1. The zero-order valence-electron chi connectivity index (χ0n) is 12.1. The molecule has 1 aliphatic heterocycles. The Kier molecular flexibility index (Phi) is 2.83. The van der Waals surface area contributed by atoms with Crippen molar-refractivity contribution in [1.82, 2.24) is 9.80 Å². The monoisotopic (exact) mass is 276 g/mol. The maximum Gasteiger partial charge on any atom is 0.228 e. The highest BCUT2D eigenvalue weighted by Crippen LogP contribution is 2.60. The number of piperazine rings is 1. The van der Waals surface area contributed by atoms with E-state index in [0.717, 1.165) is 56.5 Å². The van der Waals surface area contributed by atoms with Crippen molar-refractivity contribution in [2.75, 3.05) is 26.2 Å². The van der Waals surface area contributed by atoms with Crippen molar-refractivity contribution in [2.24, 2.45) is 23.2 Å². The molecule has 110 valence electrons. The number of hydrogen-bond donors (Lipinski definition) is 0. The molecule has 0 aromatic rings. The molecule has 1 heterocycles. The first-order valence-corrected chi connectivity index (χ1v) is 8.17. The van der Waals surface area contributed by atoms with E-state index >= 15 is 0 Å². The molecular weight excluding hydrogens is 252 g/mol. The molecule has 2 amide bonds. The Bertz CT molecular complexity index is 391. The van der Waals surface area contributed by atoms with Crippen molar-refractivity contribution < 1.29 is 9.59 Å². The molecule has 0 atom stereocenters. The Labute approximate surface area is 120 Å². The summed E-state index contributed by atoms with van der Waals surface area (Å²) >= 11 is 0. The van der Waals surface area contributed by atoms with Crippen LogP contribution in [-0.4, -0.2) is 48.3 Å². The Morgan fingerprint density at radius 3 is 1.85 bits per heavy atom.